The topological polar surface area (TPSA) is 38.9 Å². The maximum atomic E-state index is 5.65. The van der Waals surface area contributed by atoms with Gasteiger partial charge < -0.3 is 5.73 Å². The molecule has 106 valence electrons. The number of pyridine rings is 1. The zero-order chi connectivity index (χ0) is 14.6. The van der Waals surface area contributed by atoms with E-state index in [2.05, 4.69) is 56.1 Å². The van der Waals surface area contributed by atoms with Crippen LogP contribution in [0, 0.1) is 0 Å². The van der Waals surface area contributed by atoms with Gasteiger partial charge in [-0.15, -0.1) is 0 Å². The smallest absolute Gasteiger partial charge is 0.104 e. The van der Waals surface area contributed by atoms with Gasteiger partial charge in [-0.1, -0.05) is 50.7 Å². The summed E-state index contributed by atoms with van der Waals surface area (Å²) in [6.45, 7) is 7.34. The third-order valence-electron chi connectivity index (χ3n) is 3.20. The van der Waals surface area contributed by atoms with Crippen molar-refractivity contribution < 1.29 is 0 Å². The number of nitrogens with zero attached hydrogens (tertiary/aromatic N) is 1. The van der Waals surface area contributed by atoms with Crippen LogP contribution in [-0.4, -0.2) is 11.5 Å². The zero-order valence-electron chi connectivity index (χ0n) is 12.4. The number of nitrogens with two attached hydrogens (primary N) is 1. The van der Waals surface area contributed by atoms with E-state index >= 15 is 0 Å². The van der Waals surface area contributed by atoms with Crippen molar-refractivity contribution in [3.63, 3.8) is 0 Å². The molecule has 0 bridgehead atoms. The number of hydrogen-bond acceptors (Lipinski definition) is 3. The Hall–Kier alpha value is -1.32. The molecule has 2 nitrogen and oxygen atoms in total. The van der Waals surface area contributed by atoms with Crippen molar-refractivity contribution in [2.24, 2.45) is 5.73 Å². The lowest BCUT2D eigenvalue weighted by atomic mass is 9.87. The molecule has 0 spiro atoms. The Morgan fingerprint density at radius 3 is 2.40 bits per heavy atom. The van der Waals surface area contributed by atoms with Crippen molar-refractivity contribution in [2.45, 2.75) is 42.5 Å². The first-order valence-corrected chi connectivity index (χ1v) is 7.75. The fraction of sp³-hybridized carbons (Fsp3) is 0.353. The van der Waals surface area contributed by atoms with Crippen LogP contribution in [0.25, 0.3) is 0 Å². The molecule has 2 N–H and O–H groups in total. The predicted molar refractivity (Wildman–Crippen MR) is 86.3 cm³/mol. The van der Waals surface area contributed by atoms with Gasteiger partial charge in [-0.2, -0.15) is 0 Å². The number of hydrogen-bond donors (Lipinski definition) is 1. The van der Waals surface area contributed by atoms with Crippen LogP contribution in [0.3, 0.4) is 0 Å². The van der Waals surface area contributed by atoms with Crippen molar-refractivity contribution in [1.29, 1.82) is 0 Å². The molecule has 0 unspecified atom stereocenters. The average molecular weight is 286 g/mol. The molecule has 2 rings (SSSR count). The second-order valence-electron chi connectivity index (χ2n) is 5.88. The molecule has 0 aliphatic carbocycles. The van der Waals surface area contributed by atoms with Gasteiger partial charge in [0.2, 0.25) is 0 Å². The van der Waals surface area contributed by atoms with Gasteiger partial charge in [0.05, 0.1) is 0 Å². The molecule has 0 aliphatic heterocycles. The van der Waals surface area contributed by atoms with Crippen molar-refractivity contribution >= 4 is 11.8 Å². The van der Waals surface area contributed by atoms with E-state index in [-0.39, 0.29) is 5.41 Å². The van der Waals surface area contributed by atoms with Crippen LogP contribution in [0.2, 0.25) is 0 Å². The molecular formula is C17H22N2S. The first kappa shape index (κ1) is 15.1. The van der Waals surface area contributed by atoms with Gasteiger partial charge in [-0.05, 0) is 47.7 Å². The highest BCUT2D eigenvalue weighted by Crippen LogP contribution is 2.31. The lowest BCUT2D eigenvalue weighted by Gasteiger charge is -2.19. The number of rotatable bonds is 4. The number of benzene rings is 1. The molecule has 2 aromatic rings. The molecule has 20 heavy (non-hydrogen) atoms. The molecule has 1 aromatic heterocycles. The van der Waals surface area contributed by atoms with E-state index < -0.39 is 0 Å². The minimum atomic E-state index is 0.193. The lowest BCUT2D eigenvalue weighted by Crippen LogP contribution is -2.10. The highest BCUT2D eigenvalue weighted by Gasteiger charge is 2.13. The van der Waals surface area contributed by atoms with Crippen LogP contribution in [0.5, 0.6) is 0 Å². The Labute approximate surface area is 125 Å². The summed E-state index contributed by atoms with van der Waals surface area (Å²) in [6.07, 6.45) is 2.71. The van der Waals surface area contributed by atoms with E-state index in [9.17, 15) is 0 Å². The largest absolute Gasteiger partial charge is 0.330 e. The molecule has 0 saturated heterocycles. The van der Waals surface area contributed by atoms with E-state index in [1.807, 2.05) is 12.3 Å². The van der Waals surface area contributed by atoms with Gasteiger partial charge >= 0.3 is 0 Å². The summed E-state index contributed by atoms with van der Waals surface area (Å²) in [4.78, 5) is 5.69. The fourth-order valence-corrected chi connectivity index (χ4v) is 2.91. The molecule has 1 heterocycles. The molecule has 3 heteroatoms. The Kier molecular flexibility index (Phi) is 4.84. The highest BCUT2D eigenvalue weighted by atomic mass is 32.2. The fourth-order valence-electron chi connectivity index (χ4n) is 2.00. The van der Waals surface area contributed by atoms with Crippen LogP contribution in [0.1, 0.15) is 31.9 Å². The molecule has 0 fully saturated rings. The second-order valence-corrected chi connectivity index (χ2v) is 6.95. The Morgan fingerprint density at radius 2 is 1.80 bits per heavy atom. The summed E-state index contributed by atoms with van der Waals surface area (Å²) in [5.41, 5.74) is 8.42. The van der Waals surface area contributed by atoms with Crippen molar-refractivity contribution in [3.05, 3.63) is 53.7 Å². The molecule has 0 radical (unpaired) electrons. The van der Waals surface area contributed by atoms with Gasteiger partial charge in [0.25, 0.3) is 0 Å². The van der Waals surface area contributed by atoms with Gasteiger partial charge in [0.1, 0.15) is 5.03 Å². The van der Waals surface area contributed by atoms with E-state index in [4.69, 9.17) is 5.73 Å². The monoisotopic (exact) mass is 286 g/mol. The first-order valence-electron chi connectivity index (χ1n) is 6.93. The molecular weight excluding hydrogens is 264 g/mol. The van der Waals surface area contributed by atoms with E-state index in [0.29, 0.717) is 6.54 Å². The summed E-state index contributed by atoms with van der Waals surface area (Å²) in [7, 11) is 0. The normalized spacial score (nSPS) is 11.6. The molecule has 0 atom stereocenters. The van der Waals surface area contributed by atoms with E-state index in [1.165, 1.54) is 16.0 Å². The quantitative estimate of drug-likeness (QED) is 0.922. The Bertz CT molecular complexity index is 556. The van der Waals surface area contributed by atoms with Crippen LogP contribution in [0.15, 0.2) is 52.5 Å². The second kappa shape index (κ2) is 6.42. The molecule has 0 saturated carbocycles. The third-order valence-corrected chi connectivity index (χ3v) is 4.27. The molecule has 0 aliphatic rings. The van der Waals surface area contributed by atoms with Crippen molar-refractivity contribution in [2.75, 3.05) is 6.54 Å². The number of aromatic nitrogens is 1. The summed E-state index contributed by atoms with van der Waals surface area (Å²) in [5.74, 6) is 0. The summed E-state index contributed by atoms with van der Waals surface area (Å²) in [5, 5.41) is 1.06. The summed E-state index contributed by atoms with van der Waals surface area (Å²) in [6, 6.07) is 12.8. The minimum absolute atomic E-state index is 0.193. The van der Waals surface area contributed by atoms with Gasteiger partial charge in [0.15, 0.2) is 0 Å². The average Bonchev–Trinajstić information content (AvgIpc) is 2.41. The van der Waals surface area contributed by atoms with Crippen molar-refractivity contribution in [1.82, 2.24) is 4.98 Å². The highest BCUT2D eigenvalue weighted by molar-refractivity contribution is 7.99. The molecule has 1 aromatic carbocycles. The Morgan fingerprint density at radius 1 is 1.10 bits per heavy atom. The SMILES string of the molecule is CC(C)(C)c1ccc(Sc2ncccc2CCN)cc1. The predicted octanol–water partition coefficient (Wildman–Crippen LogP) is 4.03. The van der Waals surface area contributed by atoms with Crippen LogP contribution < -0.4 is 5.73 Å². The van der Waals surface area contributed by atoms with Crippen LogP contribution in [0.4, 0.5) is 0 Å². The minimum Gasteiger partial charge on any atom is -0.330 e. The van der Waals surface area contributed by atoms with E-state index in [1.54, 1.807) is 11.8 Å². The third kappa shape index (κ3) is 3.84. The van der Waals surface area contributed by atoms with Gasteiger partial charge in [0, 0.05) is 11.1 Å². The maximum Gasteiger partial charge on any atom is 0.104 e. The summed E-state index contributed by atoms with van der Waals surface area (Å²) < 4.78 is 0. The Balaban J connectivity index is 2.18. The van der Waals surface area contributed by atoms with Gasteiger partial charge in [-0.3, -0.25) is 0 Å². The van der Waals surface area contributed by atoms with Crippen LogP contribution >= 0.6 is 11.8 Å². The maximum absolute atomic E-state index is 5.65. The summed E-state index contributed by atoms with van der Waals surface area (Å²) >= 11 is 1.71. The van der Waals surface area contributed by atoms with Crippen molar-refractivity contribution in [3.8, 4) is 0 Å². The van der Waals surface area contributed by atoms with Gasteiger partial charge in [-0.25, -0.2) is 4.98 Å². The van der Waals surface area contributed by atoms with E-state index in [0.717, 1.165) is 11.4 Å². The first-order chi connectivity index (χ1) is 9.50. The van der Waals surface area contributed by atoms with Crippen LogP contribution in [-0.2, 0) is 11.8 Å². The standard InChI is InChI=1S/C17H22N2S/c1-17(2,3)14-6-8-15(9-7-14)20-16-13(10-11-18)5-4-12-19-16/h4-9,12H,10-11,18H2,1-3H3. The zero-order valence-corrected chi connectivity index (χ0v) is 13.2. The molecule has 0 amide bonds. The lowest BCUT2D eigenvalue weighted by molar-refractivity contribution is 0.590.